The highest BCUT2D eigenvalue weighted by Crippen LogP contribution is 2.24. The highest BCUT2D eigenvalue weighted by atomic mass is 35.5. The van der Waals surface area contributed by atoms with Crippen molar-refractivity contribution in [3.63, 3.8) is 0 Å². The van der Waals surface area contributed by atoms with Crippen molar-refractivity contribution >= 4 is 29.2 Å². The zero-order valence-corrected chi connectivity index (χ0v) is 12.5. The first-order chi connectivity index (χ1) is 9.60. The number of methoxy groups -OCH3 is 1. The molecule has 0 radical (unpaired) electrons. The second kappa shape index (κ2) is 6.78. The second-order valence-corrected chi connectivity index (χ2v) is 5.33. The van der Waals surface area contributed by atoms with Gasteiger partial charge in [0.1, 0.15) is 0 Å². The number of rotatable bonds is 4. The molecule has 0 aromatic heterocycles. The molecule has 2 aromatic carbocycles. The van der Waals surface area contributed by atoms with Crippen molar-refractivity contribution in [2.24, 2.45) is 0 Å². The van der Waals surface area contributed by atoms with Crippen molar-refractivity contribution in [1.29, 1.82) is 0 Å². The number of carbonyl (C=O) groups is 1. The van der Waals surface area contributed by atoms with Gasteiger partial charge in [-0.1, -0.05) is 47.5 Å². The minimum Gasteiger partial charge on any atom is -0.469 e. The molecular formula is C16H14Cl2O2. The van der Waals surface area contributed by atoms with Crippen LogP contribution >= 0.6 is 23.2 Å². The fraction of sp³-hybridized carbons (Fsp3) is 0.188. The first kappa shape index (κ1) is 14.9. The van der Waals surface area contributed by atoms with E-state index in [1.807, 2.05) is 36.4 Å². The standard InChI is InChI=1S/C16H14Cl2O2/c1-20-16(19)15(12-4-8-14(18)9-5-12)10-11-2-6-13(17)7-3-11/h2-9,15H,10H2,1H3. The summed E-state index contributed by atoms with van der Waals surface area (Å²) in [5.74, 6) is -0.610. The summed E-state index contributed by atoms with van der Waals surface area (Å²) >= 11 is 11.7. The maximum absolute atomic E-state index is 12.0. The minimum atomic E-state index is -0.349. The molecule has 0 aliphatic heterocycles. The zero-order valence-electron chi connectivity index (χ0n) is 11.0. The van der Waals surface area contributed by atoms with Gasteiger partial charge in [0.15, 0.2) is 0 Å². The van der Waals surface area contributed by atoms with E-state index >= 15 is 0 Å². The van der Waals surface area contributed by atoms with Crippen LogP contribution in [0.2, 0.25) is 10.0 Å². The van der Waals surface area contributed by atoms with E-state index in [0.29, 0.717) is 16.5 Å². The lowest BCUT2D eigenvalue weighted by atomic mass is 9.92. The van der Waals surface area contributed by atoms with Gasteiger partial charge in [-0.2, -0.15) is 0 Å². The summed E-state index contributed by atoms with van der Waals surface area (Å²) in [6.45, 7) is 0. The summed E-state index contributed by atoms with van der Waals surface area (Å²) in [6.07, 6.45) is 0.561. The van der Waals surface area contributed by atoms with Gasteiger partial charge in [-0.25, -0.2) is 0 Å². The van der Waals surface area contributed by atoms with E-state index in [1.54, 1.807) is 12.1 Å². The first-order valence-electron chi connectivity index (χ1n) is 6.18. The van der Waals surface area contributed by atoms with Crippen LogP contribution in [-0.2, 0) is 16.0 Å². The smallest absolute Gasteiger partial charge is 0.313 e. The van der Waals surface area contributed by atoms with E-state index in [4.69, 9.17) is 27.9 Å². The van der Waals surface area contributed by atoms with Crippen LogP contribution in [0, 0.1) is 0 Å². The lowest BCUT2D eigenvalue weighted by Gasteiger charge is -2.15. The van der Waals surface area contributed by atoms with Crippen LogP contribution in [0.4, 0.5) is 0 Å². The molecule has 0 aliphatic carbocycles. The number of esters is 1. The van der Waals surface area contributed by atoms with Gasteiger partial charge in [0.25, 0.3) is 0 Å². The van der Waals surface area contributed by atoms with E-state index in [0.717, 1.165) is 11.1 Å². The number of ether oxygens (including phenoxy) is 1. The molecule has 1 atom stereocenters. The largest absolute Gasteiger partial charge is 0.469 e. The molecule has 0 fully saturated rings. The average Bonchev–Trinajstić information content (AvgIpc) is 2.47. The molecule has 0 aliphatic rings. The topological polar surface area (TPSA) is 26.3 Å². The highest BCUT2D eigenvalue weighted by Gasteiger charge is 2.21. The summed E-state index contributed by atoms with van der Waals surface area (Å²) in [6, 6.07) is 14.7. The van der Waals surface area contributed by atoms with Crippen molar-refractivity contribution < 1.29 is 9.53 Å². The van der Waals surface area contributed by atoms with Gasteiger partial charge >= 0.3 is 5.97 Å². The van der Waals surface area contributed by atoms with Gasteiger partial charge in [-0.3, -0.25) is 4.79 Å². The lowest BCUT2D eigenvalue weighted by molar-refractivity contribution is -0.142. The van der Waals surface area contributed by atoms with E-state index in [9.17, 15) is 4.79 Å². The summed E-state index contributed by atoms with van der Waals surface area (Å²) in [5.41, 5.74) is 1.91. The number of carbonyl (C=O) groups excluding carboxylic acids is 1. The summed E-state index contributed by atoms with van der Waals surface area (Å²) in [5, 5.41) is 1.32. The van der Waals surface area contributed by atoms with Crippen molar-refractivity contribution in [2.75, 3.05) is 7.11 Å². The minimum absolute atomic E-state index is 0.262. The van der Waals surface area contributed by atoms with Crippen LogP contribution < -0.4 is 0 Å². The van der Waals surface area contributed by atoms with Crippen LogP contribution in [-0.4, -0.2) is 13.1 Å². The lowest BCUT2D eigenvalue weighted by Crippen LogP contribution is -2.16. The molecule has 0 saturated heterocycles. The van der Waals surface area contributed by atoms with Gasteiger partial charge in [0.05, 0.1) is 13.0 Å². The number of hydrogen-bond acceptors (Lipinski definition) is 2. The zero-order chi connectivity index (χ0) is 14.5. The Balaban J connectivity index is 2.26. The summed E-state index contributed by atoms with van der Waals surface area (Å²) < 4.78 is 4.89. The molecular weight excluding hydrogens is 295 g/mol. The number of halogens is 2. The Kier molecular flexibility index (Phi) is 5.05. The van der Waals surface area contributed by atoms with E-state index in [-0.39, 0.29) is 11.9 Å². The van der Waals surface area contributed by atoms with Gasteiger partial charge in [0.2, 0.25) is 0 Å². The quantitative estimate of drug-likeness (QED) is 0.778. The molecule has 0 spiro atoms. The number of hydrogen-bond donors (Lipinski definition) is 0. The predicted molar refractivity (Wildman–Crippen MR) is 81.4 cm³/mol. The van der Waals surface area contributed by atoms with Crippen LogP contribution in [0.25, 0.3) is 0 Å². The molecule has 0 bridgehead atoms. The van der Waals surface area contributed by atoms with Crippen LogP contribution in [0.3, 0.4) is 0 Å². The van der Waals surface area contributed by atoms with Gasteiger partial charge in [0, 0.05) is 10.0 Å². The van der Waals surface area contributed by atoms with Crippen LogP contribution in [0.5, 0.6) is 0 Å². The fourth-order valence-corrected chi connectivity index (χ4v) is 2.28. The van der Waals surface area contributed by atoms with Crippen molar-refractivity contribution in [1.82, 2.24) is 0 Å². The molecule has 0 amide bonds. The third kappa shape index (κ3) is 3.75. The third-order valence-corrected chi connectivity index (χ3v) is 3.62. The SMILES string of the molecule is COC(=O)C(Cc1ccc(Cl)cc1)c1ccc(Cl)cc1. The third-order valence-electron chi connectivity index (χ3n) is 3.11. The Hall–Kier alpha value is -1.51. The Labute approximate surface area is 128 Å². The maximum Gasteiger partial charge on any atom is 0.313 e. The first-order valence-corrected chi connectivity index (χ1v) is 6.93. The monoisotopic (exact) mass is 308 g/mol. The van der Waals surface area contributed by atoms with E-state index in [1.165, 1.54) is 7.11 Å². The fourth-order valence-electron chi connectivity index (χ4n) is 2.03. The molecule has 0 saturated carbocycles. The van der Waals surface area contributed by atoms with Gasteiger partial charge < -0.3 is 4.74 Å². The Morgan fingerprint density at radius 1 is 1.00 bits per heavy atom. The molecule has 0 N–H and O–H groups in total. The highest BCUT2D eigenvalue weighted by molar-refractivity contribution is 6.30. The van der Waals surface area contributed by atoms with Crippen molar-refractivity contribution in [3.05, 3.63) is 69.7 Å². The average molecular weight is 309 g/mol. The molecule has 20 heavy (non-hydrogen) atoms. The normalized spacial score (nSPS) is 11.9. The number of benzene rings is 2. The van der Waals surface area contributed by atoms with Crippen LogP contribution in [0.15, 0.2) is 48.5 Å². The predicted octanol–water partition coefficient (Wildman–Crippen LogP) is 4.49. The molecule has 2 aromatic rings. The summed E-state index contributed by atoms with van der Waals surface area (Å²) in [7, 11) is 1.40. The Morgan fingerprint density at radius 3 is 2.00 bits per heavy atom. The Morgan fingerprint density at radius 2 is 1.50 bits per heavy atom. The van der Waals surface area contributed by atoms with Crippen molar-refractivity contribution in [3.8, 4) is 0 Å². The second-order valence-electron chi connectivity index (χ2n) is 4.46. The Bertz CT molecular complexity index is 576. The van der Waals surface area contributed by atoms with E-state index in [2.05, 4.69) is 0 Å². The molecule has 104 valence electrons. The molecule has 2 nitrogen and oxygen atoms in total. The summed E-state index contributed by atoms with van der Waals surface area (Å²) in [4.78, 5) is 12.0. The van der Waals surface area contributed by atoms with Crippen molar-refractivity contribution in [2.45, 2.75) is 12.3 Å². The van der Waals surface area contributed by atoms with Gasteiger partial charge in [-0.15, -0.1) is 0 Å². The van der Waals surface area contributed by atoms with E-state index < -0.39 is 0 Å². The maximum atomic E-state index is 12.0. The van der Waals surface area contributed by atoms with Gasteiger partial charge in [-0.05, 0) is 41.8 Å². The van der Waals surface area contributed by atoms with Crippen LogP contribution in [0.1, 0.15) is 17.0 Å². The molecule has 0 heterocycles. The molecule has 2 rings (SSSR count). The molecule has 4 heteroatoms. The molecule has 1 unspecified atom stereocenters.